The minimum Gasteiger partial charge on any atom is -0.493 e. The zero-order chi connectivity index (χ0) is 14.7. The number of rotatable bonds is 6. The molecule has 0 radical (unpaired) electrons. The van der Waals surface area contributed by atoms with Crippen molar-refractivity contribution in [3.05, 3.63) is 34.6 Å². The van der Waals surface area contributed by atoms with Crippen LogP contribution in [-0.4, -0.2) is 16.8 Å². The maximum Gasteiger partial charge on any atom is 0.277 e. The summed E-state index contributed by atoms with van der Waals surface area (Å²) in [5.41, 5.74) is 0.905. The monoisotopic (exact) mass is 286 g/mol. The Kier molecular flexibility index (Phi) is 3.90. The molecule has 21 heavy (non-hydrogen) atoms. The number of nitrogens with zero attached hydrogens (tertiary/aromatic N) is 1. The maximum absolute atomic E-state index is 11.5. The molecular weight excluding hydrogens is 268 g/mol. The van der Waals surface area contributed by atoms with Crippen molar-refractivity contribution in [3.8, 4) is 17.2 Å². The molecular formula is C16H18N2O3. The van der Waals surface area contributed by atoms with Crippen LogP contribution < -0.4 is 10.3 Å². The summed E-state index contributed by atoms with van der Waals surface area (Å²) in [5.74, 6) is 1.10. The van der Waals surface area contributed by atoms with Gasteiger partial charge in [0.25, 0.3) is 5.56 Å². The lowest BCUT2D eigenvalue weighted by Crippen LogP contribution is -1.99. The first-order valence-electron chi connectivity index (χ1n) is 7.32. The number of hydrogen-bond acceptors (Lipinski definition) is 4. The second-order valence-corrected chi connectivity index (χ2v) is 5.13. The molecule has 0 saturated heterocycles. The molecule has 0 spiro atoms. The number of ether oxygens (including phenoxy) is 1. The molecule has 0 atom stereocenters. The minimum atomic E-state index is -0.230. The molecule has 5 nitrogen and oxygen atoms in total. The van der Waals surface area contributed by atoms with Crippen molar-refractivity contribution >= 4 is 11.0 Å². The molecule has 2 aliphatic heterocycles. The van der Waals surface area contributed by atoms with Crippen LogP contribution in [0.3, 0.4) is 0 Å². The van der Waals surface area contributed by atoms with E-state index < -0.39 is 0 Å². The number of unbranched alkanes of at least 4 members (excludes halogenated alkanes) is 3. The van der Waals surface area contributed by atoms with Crippen LogP contribution in [0, 0.1) is 0 Å². The number of H-pyrrole nitrogens is 1. The summed E-state index contributed by atoms with van der Waals surface area (Å²) in [6.45, 7) is 2.90. The molecule has 1 N–H and O–H groups in total. The van der Waals surface area contributed by atoms with Gasteiger partial charge in [0.1, 0.15) is 16.9 Å². The first-order valence-corrected chi connectivity index (χ1v) is 7.32. The molecule has 0 bridgehead atoms. The Morgan fingerprint density at radius 3 is 3.00 bits per heavy atom. The summed E-state index contributed by atoms with van der Waals surface area (Å²) in [6.07, 6.45) is 4.71. The summed E-state index contributed by atoms with van der Waals surface area (Å²) < 4.78 is 11.4. The topological polar surface area (TPSA) is 68.1 Å². The van der Waals surface area contributed by atoms with Crippen molar-refractivity contribution in [1.29, 1.82) is 0 Å². The predicted molar refractivity (Wildman–Crippen MR) is 80.9 cm³/mol. The lowest BCUT2D eigenvalue weighted by Gasteiger charge is -2.07. The summed E-state index contributed by atoms with van der Waals surface area (Å²) >= 11 is 0. The zero-order valence-corrected chi connectivity index (χ0v) is 12.0. The van der Waals surface area contributed by atoms with Gasteiger partial charge >= 0.3 is 0 Å². The second kappa shape index (κ2) is 5.99. The van der Waals surface area contributed by atoms with Crippen LogP contribution in [-0.2, 0) is 0 Å². The highest BCUT2D eigenvalue weighted by Gasteiger charge is 2.14. The first-order chi connectivity index (χ1) is 10.3. The van der Waals surface area contributed by atoms with Gasteiger partial charge in [0.15, 0.2) is 0 Å². The van der Waals surface area contributed by atoms with Crippen molar-refractivity contribution in [2.45, 2.75) is 32.6 Å². The largest absolute Gasteiger partial charge is 0.493 e. The van der Waals surface area contributed by atoms with Gasteiger partial charge in [-0.2, -0.15) is 0 Å². The highest BCUT2D eigenvalue weighted by Crippen LogP contribution is 2.27. The van der Waals surface area contributed by atoms with Crippen LogP contribution in [0.4, 0.5) is 0 Å². The second-order valence-electron chi connectivity index (χ2n) is 5.13. The molecule has 1 aromatic carbocycles. The first kappa shape index (κ1) is 13.7. The number of hydrogen-bond donors (Lipinski definition) is 1. The van der Waals surface area contributed by atoms with E-state index >= 15 is 0 Å². The molecule has 0 aliphatic carbocycles. The summed E-state index contributed by atoms with van der Waals surface area (Å²) in [5, 5.41) is 7.10. The van der Waals surface area contributed by atoms with Gasteiger partial charge in [-0.05, 0) is 24.6 Å². The van der Waals surface area contributed by atoms with Gasteiger partial charge in [0.2, 0.25) is 5.89 Å². The number of nitrogens with one attached hydrogen (secondary N) is 1. The van der Waals surface area contributed by atoms with Crippen LogP contribution in [0.1, 0.15) is 32.6 Å². The summed E-state index contributed by atoms with van der Waals surface area (Å²) in [7, 11) is 0. The highest BCUT2D eigenvalue weighted by molar-refractivity contribution is 5.82. The van der Waals surface area contributed by atoms with E-state index in [0.717, 1.165) is 17.6 Å². The Balaban J connectivity index is 1.78. The average molecular weight is 286 g/mol. The summed E-state index contributed by atoms with van der Waals surface area (Å²) in [4.78, 5) is 11.5. The van der Waals surface area contributed by atoms with Crippen LogP contribution in [0.2, 0.25) is 0 Å². The van der Waals surface area contributed by atoms with E-state index in [1.807, 2.05) is 18.2 Å². The highest BCUT2D eigenvalue weighted by atomic mass is 16.5. The molecule has 1 aromatic rings. The number of fused-ring (bicyclic) bond motifs is 2. The van der Waals surface area contributed by atoms with Crippen LogP contribution >= 0.6 is 0 Å². The molecule has 5 heteroatoms. The Bertz CT molecular complexity index is 760. The third-order valence-electron chi connectivity index (χ3n) is 3.49. The van der Waals surface area contributed by atoms with Crippen molar-refractivity contribution in [1.82, 2.24) is 10.2 Å². The quantitative estimate of drug-likeness (QED) is 0.703. The molecule has 3 rings (SSSR count). The van der Waals surface area contributed by atoms with Gasteiger partial charge in [-0.1, -0.05) is 26.2 Å². The number of benzene rings is 1. The van der Waals surface area contributed by atoms with Crippen molar-refractivity contribution in [3.63, 3.8) is 0 Å². The molecule has 2 aliphatic rings. The molecule has 110 valence electrons. The minimum absolute atomic E-state index is 0.230. The fourth-order valence-electron chi connectivity index (χ4n) is 2.31. The van der Waals surface area contributed by atoms with E-state index in [-0.39, 0.29) is 5.56 Å². The average Bonchev–Trinajstić information content (AvgIpc) is 2.85. The Hall–Kier alpha value is -2.30. The summed E-state index contributed by atoms with van der Waals surface area (Å²) in [6, 6.07) is 7.42. The third-order valence-corrected chi connectivity index (χ3v) is 3.49. The third kappa shape index (κ3) is 2.91. The fourth-order valence-corrected chi connectivity index (χ4v) is 2.31. The van der Waals surface area contributed by atoms with E-state index in [9.17, 15) is 4.79 Å². The van der Waals surface area contributed by atoms with Gasteiger partial charge in [-0.3, -0.25) is 4.79 Å². The van der Waals surface area contributed by atoms with E-state index in [1.165, 1.54) is 19.3 Å². The Morgan fingerprint density at radius 1 is 1.24 bits per heavy atom. The fraction of sp³-hybridized carbons (Fsp3) is 0.375. The van der Waals surface area contributed by atoms with Gasteiger partial charge in [0.05, 0.1) is 6.61 Å². The van der Waals surface area contributed by atoms with Gasteiger partial charge in [0, 0.05) is 11.5 Å². The lowest BCUT2D eigenvalue weighted by molar-refractivity contribution is 0.305. The predicted octanol–water partition coefficient (Wildman–Crippen LogP) is 3.58. The van der Waals surface area contributed by atoms with Crippen LogP contribution in [0.5, 0.6) is 5.75 Å². The van der Waals surface area contributed by atoms with E-state index in [4.69, 9.17) is 9.15 Å². The van der Waals surface area contributed by atoms with Crippen LogP contribution in [0.15, 0.2) is 33.5 Å². The van der Waals surface area contributed by atoms with E-state index in [1.54, 1.807) is 6.07 Å². The van der Waals surface area contributed by atoms with Gasteiger partial charge in [-0.25, -0.2) is 5.10 Å². The Morgan fingerprint density at radius 2 is 2.14 bits per heavy atom. The zero-order valence-electron chi connectivity index (χ0n) is 12.0. The molecule has 0 amide bonds. The normalized spacial score (nSPS) is 11.3. The van der Waals surface area contributed by atoms with Gasteiger partial charge in [-0.15, -0.1) is 5.10 Å². The molecule has 0 saturated carbocycles. The van der Waals surface area contributed by atoms with Crippen LogP contribution in [0.25, 0.3) is 22.4 Å². The van der Waals surface area contributed by atoms with E-state index in [2.05, 4.69) is 17.1 Å². The molecule has 0 fully saturated rings. The SMILES string of the molecule is CCCCCCOc1ccc2cc3c(=O)[nH]nc-3oc2c1. The number of aromatic amines is 1. The van der Waals surface area contributed by atoms with Crippen molar-refractivity contribution < 1.29 is 9.15 Å². The molecule has 2 heterocycles. The molecule has 0 aromatic heterocycles. The standard InChI is InChI=1S/C16H18N2O3/c1-2-3-4-5-8-20-12-7-6-11-9-13-15(19)17-18-16(13)21-14(11)10-12/h6-7,9-10H,2-5,8H2,1H3,(H,17,19). The lowest BCUT2D eigenvalue weighted by atomic mass is 10.1. The van der Waals surface area contributed by atoms with Crippen molar-refractivity contribution in [2.24, 2.45) is 0 Å². The van der Waals surface area contributed by atoms with E-state index in [0.29, 0.717) is 23.6 Å². The van der Waals surface area contributed by atoms with Crippen molar-refractivity contribution in [2.75, 3.05) is 6.61 Å². The number of aromatic nitrogens is 2. The smallest absolute Gasteiger partial charge is 0.277 e. The Labute approximate surface area is 122 Å². The maximum atomic E-state index is 11.5. The van der Waals surface area contributed by atoms with Gasteiger partial charge < -0.3 is 9.15 Å². The molecule has 0 unspecified atom stereocenters.